The number of allylic oxidation sites excluding steroid dienone is 1. The van der Waals surface area contributed by atoms with Gasteiger partial charge in [-0.25, -0.2) is 9.59 Å². The molecule has 1 unspecified atom stereocenters. The normalized spacial score (nSPS) is 19.9. The Hall–Kier alpha value is -4.95. The zero-order valence-electron chi connectivity index (χ0n) is 33.4. The van der Waals surface area contributed by atoms with Gasteiger partial charge in [0.15, 0.2) is 0 Å². The van der Waals surface area contributed by atoms with Crippen molar-refractivity contribution >= 4 is 41.6 Å². The number of rotatable bonds is 19. The summed E-state index contributed by atoms with van der Waals surface area (Å²) in [6, 6.07) is 4.17. The Morgan fingerprint density at radius 2 is 1.39 bits per heavy atom. The quantitative estimate of drug-likeness (QED) is 0.112. The first-order valence-corrected chi connectivity index (χ1v) is 20.7. The molecule has 1 saturated heterocycles. The van der Waals surface area contributed by atoms with E-state index in [-0.39, 0.29) is 43.7 Å². The van der Waals surface area contributed by atoms with E-state index < -0.39 is 71.8 Å². The van der Waals surface area contributed by atoms with E-state index >= 15 is 0 Å². The maximum Gasteiger partial charge on any atom is 0.408 e. The zero-order valence-corrected chi connectivity index (χ0v) is 33.4. The Labute approximate surface area is 335 Å². The molecule has 3 aliphatic rings. The van der Waals surface area contributed by atoms with E-state index in [4.69, 9.17) is 15.6 Å². The number of nitrogens with two attached hydrogens (primary N) is 1. The Morgan fingerprint density at radius 3 is 1.98 bits per heavy atom. The summed E-state index contributed by atoms with van der Waals surface area (Å²) in [5.74, 6) is -4.05. The van der Waals surface area contributed by atoms with E-state index in [1.807, 2.05) is 19.9 Å². The van der Waals surface area contributed by atoms with Gasteiger partial charge in [-0.1, -0.05) is 88.8 Å². The van der Waals surface area contributed by atoms with Crippen LogP contribution < -0.4 is 27.0 Å². The summed E-state index contributed by atoms with van der Waals surface area (Å²) in [4.78, 5) is 94.2. The van der Waals surface area contributed by atoms with E-state index in [1.54, 1.807) is 24.3 Å². The van der Waals surface area contributed by atoms with Crippen LogP contribution in [0.2, 0.25) is 0 Å². The molecule has 1 aromatic rings. The first-order chi connectivity index (χ1) is 27.3. The number of aliphatic carboxylic acids is 1. The highest BCUT2D eigenvalue weighted by atomic mass is 16.5. The van der Waals surface area contributed by atoms with Gasteiger partial charge in [-0.05, 0) is 81.1 Å². The van der Waals surface area contributed by atoms with Crippen molar-refractivity contribution in [1.29, 1.82) is 0 Å². The molecule has 3 fully saturated rings. The highest BCUT2D eigenvalue weighted by Gasteiger charge is 2.42. The summed E-state index contributed by atoms with van der Waals surface area (Å²) in [7, 11) is 0. The molecule has 1 heterocycles. The highest BCUT2D eigenvalue weighted by molar-refractivity contribution is 5.96. The van der Waals surface area contributed by atoms with Crippen molar-refractivity contribution in [3.05, 3.63) is 48.0 Å². The summed E-state index contributed by atoms with van der Waals surface area (Å²) in [6.07, 6.45) is 11.5. The molecule has 0 aromatic heterocycles. The molecular formula is C42H62N6O9. The van der Waals surface area contributed by atoms with Gasteiger partial charge < -0.3 is 41.7 Å². The smallest absolute Gasteiger partial charge is 0.408 e. The fourth-order valence-corrected chi connectivity index (χ4v) is 8.32. The molecule has 314 valence electrons. The van der Waals surface area contributed by atoms with Crippen LogP contribution in [-0.2, 0) is 40.1 Å². The molecule has 7 N–H and O–H groups in total. The van der Waals surface area contributed by atoms with Gasteiger partial charge in [-0.15, -0.1) is 0 Å². The highest BCUT2D eigenvalue weighted by Crippen LogP contribution is 2.30. The van der Waals surface area contributed by atoms with Crippen LogP contribution in [0.25, 0.3) is 0 Å². The van der Waals surface area contributed by atoms with Crippen LogP contribution in [0, 0.1) is 17.8 Å². The number of nitrogens with zero attached hydrogens (tertiary/aromatic N) is 1. The van der Waals surface area contributed by atoms with Crippen molar-refractivity contribution in [2.24, 2.45) is 23.5 Å². The molecule has 0 bridgehead atoms. The second kappa shape index (κ2) is 22.7. The molecule has 6 amide bonds. The van der Waals surface area contributed by atoms with Gasteiger partial charge in [0.05, 0.1) is 0 Å². The van der Waals surface area contributed by atoms with Crippen LogP contribution in [0.5, 0.6) is 0 Å². The van der Waals surface area contributed by atoms with Crippen LogP contribution >= 0.6 is 0 Å². The lowest BCUT2D eigenvalue weighted by Crippen LogP contribution is -2.60. The topological polar surface area (TPSA) is 226 Å². The van der Waals surface area contributed by atoms with Gasteiger partial charge in [0.2, 0.25) is 29.5 Å². The molecule has 4 rings (SSSR count). The lowest BCUT2D eigenvalue weighted by atomic mass is 9.83. The van der Waals surface area contributed by atoms with E-state index in [1.165, 1.54) is 11.0 Å². The number of carbonyl (C=O) groups excluding carboxylic acids is 6. The van der Waals surface area contributed by atoms with Crippen molar-refractivity contribution in [3.63, 3.8) is 0 Å². The number of carboxylic acids is 1. The number of alkyl carbamates (subject to hydrolysis) is 1. The molecular weight excluding hydrogens is 732 g/mol. The van der Waals surface area contributed by atoms with Crippen molar-refractivity contribution in [3.8, 4) is 0 Å². The number of carboxylic acid groups (broad SMARTS) is 1. The minimum atomic E-state index is -1.16. The molecule has 2 saturated carbocycles. The van der Waals surface area contributed by atoms with E-state index in [2.05, 4.69) is 21.3 Å². The molecule has 0 radical (unpaired) electrons. The Morgan fingerprint density at radius 1 is 0.789 bits per heavy atom. The van der Waals surface area contributed by atoms with E-state index in [9.17, 15) is 33.6 Å². The predicted molar refractivity (Wildman–Crippen MR) is 212 cm³/mol. The lowest BCUT2D eigenvalue weighted by Gasteiger charge is -2.35. The lowest BCUT2D eigenvalue weighted by molar-refractivity contribution is -0.144. The molecule has 1 aliphatic heterocycles. The number of ether oxygens (including phenoxy) is 1. The average molecular weight is 795 g/mol. The third-order valence-corrected chi connectivity index (χ3v) is 11.3. The minimum absolute atomic E-state index is 0.0201. The van der Waals surface area contributed by atoms with Crippen molar-refractivity contribution in [2.75, 3.05) is 6.54 Å². The molecule has 2 aliphatic carbocycles. The maximum absolute atomic E-state index is 14.5. The van der Waals surface area contributed by atoms with Crippen molar-refractivity contribution in [1.82, 2.24) is 26.2 Å². The fourth-order valence-electron chi connectivity index (χ4n) is 8.32. The van der Waals surface area contributed by atoms with Crippen LogP contribution in [0.1, 0.15) is 116 Å². The Kier molecular flexibility index (Phi) is 17.8. The molecule has 15 heteroatoms. The van der Waals surface area contributed by atoms with E-state index in [0.717, 1.165) is 63.0 Å². The predicted octanol–water partition coefficient (Wildman–Crippen LogP) is 3.84. The second-order valence-electron chi connectivity index (χ2n) is 16.1. The molecule has 1 aromatic carbocycles. The standard InChI is InChI=1S/C42H62N6O9/c1-27(2)25-32(39(53)46-35(37(43)51)29-17-8-4-9-18-29)44-40(54)33-22-14-24-48(33)41(55)36(30-19-10-5-11-20-30)47-38(52)31(21-12-13-23-34(49)50)45-42(56)57-26-28-15-6-3-7-16-28/h3,6-7,13,15-16,23,27,29-33,35-36H,4-5,8-12,14,17-22,24-26H2,1-2H3,(H2,43,51)(H,44,54)(H,45,56)(H,46,53)(H,47,52)(H,49,50)/t31?,32-,33-,35-,36-/m0/s1. The van der Waals surface area contributed by atoms with Gasteiger partial charge in [0, 0.05) is 12.6 Å². The number of likely N-dealkylation sites (tertiary alicyclic amines) is 1. The van der Waals surface area contributed by atoms with Crippen LogP contribution in [0.3, 0.4) is 0 Å². The van der Waals surface area contributed by atoms with Gasteiger partial charge in [-0.2, -0.15) is 0 Å². The molecule has 0 spiro atoms. The number of hydrogen-bond acceptors (Lipinski definition) is 8. The monoisotopic (exact) mass is 794 g/mol. The van der Waals surface area contributed by atoms with Crippen molar-refractivity contribution < 1.29 is 43.4 Å². The molecule has 15 nitrogen and oxygen atoms in total. The average Bonchev–Trinajstić information content (AvgIpc) is 3.70. The number of amides is 6. The number of nitrogens with one attached hydrogen (secondary N) is 4. The van der Waals surface area contributed by atoms with Gasteiger partial charge in [0.25, 0.3) is 0 Å². The summed E-state index contributed by atoms with van der Waals surface area (Å²) in [6.45, 7) is 4.09. The Bertz CT molecular complexity index is 1560. The van der Waals surface area contributed by atoms with Gasteiger partial charge >= 0.3 is 12.1 Å². The van der Waals surface area contributed by atoms with Crippen LogP contribution in [0.4, 0.5) is 4.79 Å². The Balaban J connectivity index is 1.49. The number of carbonyl (C=O) groups is 7. The maximum atomic E-state index is 14.5. The number of primary amides is 1. The minimum Gasteiger partial charge on any atom is -0.478 e. The van der Waals surface area contributed by atoms with E-state index in [0.29, 0.717) is 32.1 Å². The first kappa shape index (κ1) is 44.8. The third-order valence-electron chi connectivity index (χ3n) is 11.3. The van der Waals surface area contributed by atoms with Crippen LogP contribution in [0.15, 0.2) is 42.5 Å². The fraction of sp³-hybridized carbons (Fsp3) is 0.643. The first-order valence-electron chi connectivity index (χ1n) is 20.7. The summed E-state index contributed by atoms with van der Waals surface area (Å²) < 4.78 is 5.37. The zero-order chi connectivity index (χ0) is 41.3. The van der Waals surface area contributed by atoms with Gasteiger partial charge in [-0.3, -0.25) is 24.0 Å². The third kappa shape index (κ3) is 14.2. The molecule has 5 atom stereocenters. The molecule has 57 heavy (non-hydrogen) atoms. The largest absolute Gasteiger partial charge is 0.478 e. The van der Waals surface area contributed by atoms with Crippen LogP contribution in [-0.4, -0.2) is 88.4 Å². The SMILES string of the molecule is CC(C)C[C@H](NC(=O)[C@@H]1CCCN1C(=O)[C@@H](NC(=O)C(CCC=CC(=O)O)NC(=O)OCc1ccccc1)C1CCCCC1)C(=O)N[C@H](C(N)=O)C1CCCCC1. The van der Waals surface area contributed by atoms with Gasteiger partial charge in [0.1, 0.15) is 36.8 Å². The summed E-state index contributed by atoms with van der Waals surface area (Å²) in [5, 5.41) is 20.3. The summed E-state index contributed by atoms with van der Waals surface area (Å²) in [5.41, 5.74) is 6.49. The van der Waals surface area contributed by atoms with Crippen molar-refractivity contribution in [2.45, 2.75) is 147 Å². The summed E-state index contributed by atoms with van der Waals surface area (Å²) >= 11 is 0. The number of benzene rings is 1. The second-order valence-corrected chi connectivity index (χ2v) is 16.1. The number of hydrogen-bond donors (Lipinski definition) is 6.